The first-order chi connectivity index (χ1) is 18.3. The van der Waals surface area contributed by atoms with Gasteiger partial charge >= 0.3 is 0 Å². The average Bonchev–Trinajstić information content (AvgIpc) is 3.19. The van der Waals surface area contributed by atoms with Crippen LogP contribution in [0.2, 0.25) is 0 Å². The standard InChI is InChI=1S/C29H47N5O3S/c1-7-32-17-19-33(20-18-32)15-11-16-34(23(4)35)27(28(36)30-14-10-21-37-22(2)3)26-24-12-8-9-13-25(24)31(5)29(26)38-6/h8-9,12-13,22,27H,7,10-11,14-21H2,1-6H3,(H,30,36). The van der Waals surface area contributed by atoms with Gasteiger partial charge in [0.2, 0.25) is 11.8 Å². The van der Waals surface area contributed by atoms with E-state index >= 15 is 0 Å². The lowest BCUT2D eigenvalue weighted by Gasteiger charge is -2.35. The zero-order chi connectivity index (χ0) is 27.7. The van der Waals surface area contributed by atoms with Gasteiger partial charge in [0.15, 0.2) is 0 Å². The van der Waals surface area contributed by atoms with E-state index in [9.17, 15) is 9.59 Å². The Morgan fingerprint density at radius 2 is 1.79 bits per heavy atom. The van der Waals surface area contributed by atoms with Crippen molar-refractivity contribution < 1.29 is 14.3 Å². The Morgan fingerprint density at radius 3 is 2.42 bits per heavy atom. The SMILES string of the molecule is CCN1CCN(CCCN(C(C)=O)C(C(=O)NCCCOC(C)C)c2c(SC)n(C)c3ccccc23)CC1. The molecule has 2 heterocycles. The van der Waals surface area contributed by atoms with Crippen molar-refractivity contribution in [1.82, 2.24) is 24.6 Å². The van der Waals surface area contributed by atoms with E-state index in [0.717, 1.165) is 73.6 Å². The molecule has 1 N–H and O–H groups in total. The minimum atomic E-state index is -0.691. The first-order valence-electron chi connectivity index (χ1n) is 14.0. The molecule has 0 spiro atoms. The predicted molar refractivity (Wildman–Crippen MR) is 157 cm³/mol. The van der Waals surface area contributed by atoms with Crippen LogP contribution < -0.4 is 5.32 Å². The number of carbonyl (C=O) groups is 2. The molecule has 1 aliphatic rings. The number of nitrogens with zero attached hydrogens (tertiary/aromatic N) is 4. The maximum absolute atomic E-state index is 13.9. The van der Waals surface area contributed by atoms with Gasteiger partial charge in [-0.15, -0.1) is 11.8 Å². The van der Waals surface area contributed by atoms with E-state index in [1.165, 1.54) is 0 Å². The predicted octanol–water partition coefficient (Wildman–Crippen LogP) is 3.75. The lowest BCUT2D eigenvalue weighted by Crippen LogP contribution is -2.47. The van der Waals surface area contributed by atoms with Crippen LogP contribution in [-0.4, -0.2) is 102 Å². The van der Waals surface area contributed by atoms with Crippen LogP contribution in [0, 0.1) is 0 Å². The number of likely N-dealkylation sites (N-methyl/N-ethyl adjacent to an activating group) is 1. The molecular formula is C29H47N5O3S. The molecule has 1 aromatic carbocycles. The van der Waals surface area contributed by atoms with E-state index in [-0.39, 0.29) is 17.9 Å². The van der Waals surface area contributed by atoms with Crippen molar-refractivity contribution in [2.45, 2.75) is 57.7 Å². The number of piperazine rings is 1. The van der Waals surface area contributed by atoms with Crippen molar-refractivity contribution in [2.75, 3.05) is 65.2 Å². The molecule has 1 aromatic heterocycles. The smallest absolute Gasteiger partial charge is 0.247 e. The van der Waals surface area contributed by atoms with Gasteiger partial charge in [-0.25, -0.2) is 0 Å². The normalized spacial score (nSPS) is 15.8. The number of fused-ring (bicyclic) bond motifs is 1. The molecular weight excluding hydrogens is 498 g/mol. The Hall–Kier alpha value is -2.07. The zero-order valence-corrected chi connectivity index (χ0v) is 25.0. The highest BCUT2D eigenvalue weighted by Gasteiger charge is 2.34. The van der Waals surface area contributed by atoms with Crippen LogP contribution in [0.3, 0.4) is 0 Å². The number of thioether (sulfide) groups is 1. The quantitative estimate of drug-likeness (QED) is 0.288. The summed E-state index contributed by atoms with van der Waals surface area (Å²) in [6.45, 7) is 15.7. The molecule has 2 aromatic rings. The number of rotatable bonds is 14. The molecule has 1 fully saturated rings. The van der Waals surface area contributed by atoms with Crippen molar-refractivity contribution in [3.05, 3.63) is 29.8 Å². The van der Waals surface area contributed by atoms with Crippen molar-refractivity contribution in [1.29, 1.82) is 0 Å². The maximum Gasteiger partial charge on any atom is 0.247 e. The summed E-state index contributed by atoms with van der Waals surface area (Å²) in [6.07, 6.45) is 3.75. The Morgan fingerprint density at radius 1 is 1.11 bits per heavy atom. The number of benzene rings is 1. The van der Waals surface area contributed by atoms with Crippen LogP contribution >= 0.6 is 11.8 Å². The number of aromatic nitrogens is 1. The first kappa shape index (κ1) is 30.5. The number of para-hydroxylation sites is 1. The minimum absolute atomic E-state index is 0.0796. The van der Waals surface area contributed by atoms with Crippen LogP contribution in [-0.2, 0) is 21.4 Å². The largest absolute Gasteiger partial charge is 0.379 e. The summed E-state index contributed by atoms with van der Waals surface area (Å²) in [5, 5.41) is 5.15. The Balaban J connectivity index is 1.84. The summed E-state index contributed by atoms with van der Waals surface area (Å²) in [4.78, 5) is 33.7. The molecule has 2 amide bonds. The van der Waals surface area contributed by atoms with Crippen LogP contribution in [0.4, 0.5) is 0 Å². The molecule has 1 unspecified atom stereocenters. The minimum Gasteiger partial charge on any atom is -0.379 e. The third-order valence-corrected chi connectivity index (χ3v) is 8.26. The second-order valence-corrected chi connectivity index (χ2v) is 11.1. The second kappa shape index (κ2) is 14.9. The van der Waals surface area contributed by atoms with Crippen molar-refractivity contribution in [2.24, 2.45) is 7.05 Å². The summed E-state index contributed by atoms with van der Waals surface area (Å²) in [7, 11) is 2.03. The molecule has 1 saturated heterocycles. The van der Waals surface area contributed by atoms with Crippen LogP contribution in [0.1, 0.15) is 52.1 Å². The Kier molecular flexibility index (Phi) is 12.0. The van der Waals surface area contributed by atoms with Gasteiger partial charge in [-0.1, -0.05) is 25.1 Å². The number of carbonyl (C=O) groups excluding carboxylic acids is 2. The molecule has 0 saturated carbocycles. The summed E-state index contributed by atoms with van der Waals surface area (Å²) in [5.74, 6) is -0.211. The molecule has 9 heteroatoms. The highest BCUT2D eigenvalue weighted by atomic mass is 32.2. The fourth-order valence-corrected chi connectivity index (χ4v) is 6.11. The summed E-state index contributed by atoms with van der Waals surface area (Å²) >= 11 is 1.62. The van der Waals surface area contributed by atoms with E-state index in [0.29, 0.717) is 19.7 Å². The van der Waals surface area contributed by atoms with Gasteiger partial charge in [0, 0.05) is 76.3 Å². The molecule has 8 nitrogen and oxygen atoms in total. The number of aryl methyl sites for hydroxylation is 1. The average molecular weight is 546 g/mol. The van der Waals surface area contributed by atoms with Gasteiger partial charge in [-0.2, -0.15) is 0 Å². The monoisotopic (exact) mass is 545 g/mol. The number of hydrogen-bond acceptors (Lipinski definition) is 6. The van der Waals surface area contributed by atoms with Crippen molar-refractivity contribution >= 4 is 34.5 Å². The van der Waals surface area contributed by atoms with E-state index in [2.05, 4.69) is 38.7 Å². The van der Waals surface area contributed by atoms with Crippen LogP contribution in [0.25, 0.3) is 10.9 Å². The van der Waals surface area contributed by atoms with E-state index in [4.69, 9.17) is 4.74 Å². The number of ether oxygens (including phenoxy) is 1. The summed E-state index contributed by atoms with van der Waals surface area (Å²) in [5.41, 5.74) is 1.98. The highest BCUT2D eigenvalue weighted by Crippen LogP contribution is 2.38. The van der Waals surface area contributed by atoms with Gasteiger partial charge in [0.25, 0.3) is 0 Å². The molecule has 0 aliphatic carbocycles. The Bertz CT molecular complexity index is 1050. The summed E-state index contributed by atoms with van der Waals surface area (Å²) in [6, 6.07) is 7.46. The van der Waals surface area contributed by atoms with Gasteiger partial charge < -0.3 is 29.3 Å². The Labute approximate surface area is 233 Å². The van der Waals surface area contributed by atoms with Crippen LogP contribution in [0.15, 0.2) is 29.3 Å². The number of hydrogen-bond donors (Lipinski definition) is 1. The van der Waals surface area contributed by atoms with Crippen molar-refractivity contribution in [3.63, 3.8) is 0 Å². The molecule has 38 heavy (non-hydrogen) atoms. The summed E-state index contributed by atoms with van der Waals surface area (Å²) < 4.78 is 7.78. The molecule has 1 atom stereocenters. The lowest BCUT2D eigenvalue weighted by molar-refractivity contribution is -0.139. The van der Waals surface area contributed by atoms with Crippen LogP contribution in [0.5, 0.6) is 0 Å². The van der Waals surface area contributed by atoms with E-state index in [1.54, 1.807) is 23.6 Å². The topological polar surface area (TPSA) is 70.1 Å². The van der Waals surface area contributed by atoms with Gasteiger partial charge in [0.1, 0.15) is 6.04 Å². The second-order valence-electron chi connectivity index (χ2n) is 10.3. The third-order valence-electron chi connectivity index (χ3n) is 7.38. The van der Waals surface area contributed by atoms with Gasteiger partial charge in [0.05, 0.1) is 11.1 Å². The molecule has 212 valence electrons. The highest BCUT2D eigenvalue weighted by molar-refractivity contribution is 7.98. The van der Waals surface area contributed by atoms with Crippen molar-refractivity contribution in [3.8, 4) is 0 Å². The van der Waals surface area contributed by atoms with Gasteiger partial charge in [-0.3, -0.25) is 9.59 Å². The molecule has 3 rings (SSSR count). The fourth-order valence-electron chi connectivity index (χ4n) is 5.30. The molecule has 0 radical (unpaired) electrons. The van der Waals surface area contributed by atoms with E-state index < -0.39 is 6.04 Å². The molecule has 0 bridgehead atoms. The van der Waals surface area contributed by atoms with E-state index in [1.807, 2.05) is 39.3 Å². The molecule has 1 aliphatic heterocycles. The zero-order valence-electron chi connectivity index (χ0n) is 24.2. The number of amides is 2. The lowest BCUT2D eigenvalue weighted by atomic mass is 10.0. The first-order valence-corrected chi connectivity index (χ1v) is 15.2. The number of nitrogens with one attached hydrogen (secondary N) is 1. The van der Waals surface area contributed by atoms with Gasteiger partial charge in [-0.05, 0) is 52.1 Å². The maximum atomic E-state index is 13.9. The third kappa shape index (κ3) is 7.74. The fraction of sp³-hybridized carbons (Fsp3) is 0.655.